The highest BCUT2D eigenvalue weighted by molar-refractivity contribution is 5.75. The van der Waals surface area contributed by atoms with Gasteiger partial charge >= 0.3 is 11.7 Å². The Hall–Kier alpha value is -2.49. The van der Waals surface area contributed by atoms with E-state index in [1.54, 1.807) is 20.8 Å². The monoisotopic (exact) mass is 313 g/mol. The highest BCUT2D eigenvalue weighted by Gasteiger charge is 2.23. The van der Waals surface area contributed by atoms with E-state index < -0.39 is 16.0 Å². The number of nitrogens with two attached hydrogens (primary N) is 1. The van der Waals surface area contributed by atoms with Crippen LogP contribution in [-0.4, -0.2) is 34.1 Å². The van der Waals surface area contributed by atoms with Gasteiger partial charge in [0.2, 0.25) is 11.6 Å². The van der Waals surface area contributed by atoms with Crippen molar-refractivity contribution in [1.29, 1.82) is 0 Å². The maximum Gasteiger partial charge on any atom is 0.355 e. The topological polar surface area (TPSA) is 142 Å². The first-order chi connectivity index (χ1) is 10.2. The molecular weight excluding hydrogens is 294 g/mol. The molecule has 0 bridgehead atoms. The molecule has 0 fully saturated rings. The van der Waals surface area contributed by atoms with E-state index in [0.29, 0.717) is 6.42 Å². The number of nitrogens with one attached hydrogen (secondary N) is 1. The molecule has 0 atom stereocenters. The molecule has 0 spiro atoms. The average molecular weight is 313 g/mol. The summed E-state index contributed by atoms with van der Waals surface area (Å²) in [4.78, 5) is 33.9. The zero-order valence-corrected chi connectivity index (χ0v) is 12.7. The lowest BCUT2D eigenvalue weighted by atomic mass is 9.97. The first kappa shape index (κ1) is 17.6. The number of aromatic nitrogens is 2. The summed E-state index contributed by atoms with van der Waals surface area (Å²) in [6.07, 6.45) is 1.50. The Bertz CT molecular complexity index is 543. The first-order valence-corrected chi connectivity index (χ1v) is 6.53. The van der Waals surface area contributed by atoms with Crippen molar-refractivity contribution < 1.29 is 19.3 Å². The number of anilines is 2. The van der Waals surface area contributed by atoms with Crippen LogP contribution in [0, 0.1) is 15.5 Å². The number of hydrogen-bond acceptors (Lipinski definition) is 9. The van der Waals surface area contributed by atoms with Gasteiger partial charge < -0.3 is 10.5 Å². The summed E-state index contributed by atoms with van der Waals surface area (Å²) >= 11 is 0. The molecule has 0 aliphatic heterocycles. The second-order valence-corrected chi connectivity index (χ2v) is 5.40. The molecule has 0 saturated carbocycles. The molecule has 10 heteroatoms. The summed E-state index contributed by atoms with van der Waals surface area (Å²) in [6.45, 7) is 5.62. The third-order valence-electron chi connectivity index (χ3n) is 2.44. The highest BCUT2D eigenvalue weighted by Crippen LogP contribution is 2.26. The molecule has 0 unspecified atom stereocenters. The zero-order chi connectivity index (χ0) is 16.8. The third kappa shape index (κ3) is 5.13. The van der Waals surface area contributed by atoms with Crippen molar-refractivity contribution in [3.05, 3.63) is 16.4 Å². The Morgan fingerprint density at radius 1 is 1.41 bits per heavy atom. The van der Waals surface area contributed by atoms with Crippen LogP contribution in [0.1, 0.15) is 27.2 Å². The number of carbonyl (C=O) groups is 1. The number of nitrogen functional groups attached to an aromatic ring is 1. The number of carbonyl (C=O) groups excluding carboxylic acids is 1. The zero-order valence-electron chi connectivity index (χ0n) is 12.7. The lowest BCUT2D eigenvalue weighted by molar-refractivity contribution is -0.383. The van der Waals surface area contributed by atoms with Crippen molar-refractivity contribution in [2.45, 2.75) is 27.2 Å². The predicted molar refractivity (Wildman–Crippen MR) is 77.7 cm³/mol. The predicted octanol–water partition coefficient (Wildman–Crippen LogP) is 1.29. The van der Waals surface area contributed by atoms with Crippen molar-refractivity contribution in [1.82, 2.24) is 9.97 Å². The summed E-state index contributed by atoms with van der Waals surface area (Å²) in [5.41, 5.74) is 6.73. The molecule has 0 aromatic carbocycles. The fraction of sp³-hybridized carbons (Fsp3) is 0.583. The largest absolute Gasteiger partial charge is 0.465 e. The van der Waals surface area contributed by atoms with Crippen LogP contribution < -0.4 is 11.2 Å². The summed E-state index contributed by atoms with van der Waals surface area (Å²) in [6, 6.07) is 0. The molecule has 0 amide bonds. The molecule has 1 aromatic rings. The summed E-state index contributed by atoms with van der Waals surface area (Å²) in [5.74, 6) is -0.700. The van der Waals surface area contributed by atoms with E-state index in [0.717, 1.165) is 6.33 Å². The summed E-state index contributed by atoms with van der Waals surface area (Å²) in [7, 11) is 0. The van der Waals surface area contributed by atoms with Gasteiger partial charge in [-0.3, -0.25) is 19.7 Å². The minimum Gasteiger partial charge on any atom is -0.465 e. The molecule has 1 heterocycles. The first-order valence-electron chi connectivity index (χ1n) is 6.53. The Balaban J connectivity index is 2.36. The van der Waals surface area contributed by atoms with E-state index in [-0.39, 0.29) is 30.8 Å². The molecule has 3 N–H and O–H groups in total. The molecule has 122 valence electrons. The van der Waals surface area contributed by atoms with E-state index in [1.807, 2.05) is 0 Å². The number of nitro groups is 1. The van der Waals surface area contributed by atoms with E-state index in [4.69, 9.17) is 15.3 Å². The lowest BCUT2D eigenvalue weighted by Gasteiger charge is -2.16. The van der Waals surface area contributed by atoms with Gasteiger partial charge in [0, 0.05) is 6.42 Å². The van der Waals surface area contributed by atoms with Gasteiger partial charge in [0.15, 0.2) is 0 Å². The summed E-state index contributed by atoms with van der Waals surface area (Å²) in [5, 5.41) is 10.8. The van der Waals surface area contributed by atoms with Crippen LogP contribution in [0.2, 0.25) is 0 Å². The van der Waals surface area contributed by atoms with E-state index in [1.165, 1.54) is 0 Å². The third-order valence-corrected chi connectivity index (χ3v) is 2.44. The van der Waals surface area contributed by atoms with Gasteiger partial charge in [-0.05, 0) is 20.8 Å². The van der Waals surface area contributed by atoms with E-state index in [2.05, 4.69) is 15.4 Å². The van der Waals surface area contributed by atoms with Crippen molar-refractivity contribution in [2.75, 3.05) is 24.4 Å². The van der Waals surface area contributed by atoms with Gasteiger partial charge in [-0.1, -0.05) is 0 Å². The molecule has 1 aromatic heterocycles. The Morgan fingerprint density at radius 3 is 2.68 bits per heavy atom. The molecule has 22 heavy (non-hydrogen) atoms. The summed E-state index contributed by atoms with van der Waals surface area (Å²) < 4.78 is 5.04. The number of ether oxygens (including phenoxy) is 1. The second kappa shape index (κ2) is 7.50. The molecule has 0 radical (unpaired) electrons. The fourth-order valence-electron chi connectivity index (χ4n) is 1.28. The Labute approximate surface area is 127 Å². The van der Waals surface area contributed by atoms with Crippen LogP contribution in [0.15, 0.2) is 6.33 Å². The molecule has 0 saturated heterocycles. The molecule has 10 nitrogen and oxygen atoms in total. The van der Waals surface area contributed by atoms with E-state index in [9.17, 15) is 14.9 Å². The van der Waals surface area contributed by atoms with Gasteiger partial charge in [0.25, 0.3) is 0 Å². The van der Waals surface area contributed by atoms with E-state index >= 15 is 0 Å². The fourth-order valence-corrected chi connectivity index (χ4v) is 1.28. The average Bonchev–Trinajstić information content (AvgIpc) is 2.40. The van der Waals surface area contributed by atoms with Gasteiger partial charge in [-0.2, -0.15) is 0 Å². The van der Waals surface area contributed by atoms with Crippen LogP contribution in [0.4, 0.5) is 17.3 Å². The minimum absolute atomic E-state index is 0.135. The van der Waals surface area contributed by atoms with Gasteiger partial charge in [0.1, 0.15) is 6.33 Å². The van der Waals surface area contributed by atoms with Crippen LogP contribution >= 0.6 is 0 Å². The van der Waals surface area contributed by atoms with Crippen molar-refractivity contribution in [3.8, 4) is 0 Å². The maximum atomic E-state index is 11.5. The van der Waals surface area contributed by atoms with Crippen LogP contribution in [0.3, 0.4) is 0 Å². The molecule has 0 aliphatic carbocycles. The number of nitrogens with zero attached hydrogens (tertiary/aromatic N) is 3. The quantitative estimate of drug-likeness (QED) is 0.329. The Morgan fingerprint density at radius 2 is 2.09 bits per heavy atom. The Kier molecular flexibility index (Phi) is 5.99. The number of hydrogen-bond donors (Lipinski definition) is 2. The second-order valence-electron chi connectivity index (χ2n) is 5.40. The number of esters is 1. The molecule has 0 aliphatic rings. The van der Waals surface area contributed by atoms with Gasteiger partial charge in [-0.15, -0.1) is 0 Å². The van der Waals surface area contributed by atoms with Crippen LogP contribution in [0.5, 0.6) is 0 Å². The van der Waals surface area contributed by atoms with Gasteiger partial charge in [-0.25, -0.2) is 15.4 Å². The molecular formula is C12H19N5O5. The molecule has 1 rings (SSSR count). The van der Waals surface area contributed by atoms with Crippen LogP contribution in [-0.2, 0) is 14.4 Å². The number of rotatable bonds is 7. The van der Waals surface area contributed by atoms with Crippen molar-refractivity contribution in [2.24, 2.45) is 5.41 Å². The normalized spacial score (nSPS) is 11.0. The van der Waals surface area contributed by atoms with Crippen LogP contribution in [0.25, 0.3) is 0 Å². The smallest absolute Gasteiger partial charge is 0.355 e. The van der Waals surface area contributed by atoms with Crippen molar-refractivity contribution >= 4 is 23.3 Å². The maximum absolute atomic E-state index is 11.5. The highest BCUT2D eigenvalue weighted by atomic mass is 16.7. The lowest BCUT2D eigenvalue weighted by Crippen LogP contribution is -2.23. The minimum atomic E-state index is -0.702. The van der Waals surface area contributed by atoms with Crippen molar-refractivity contribution in [3.63, 3.8) is 0 Å². The standard InChI is InChI=1S/C12H19N5O5/c1-12(2,3)11(18)21-5-4-6-22-16-10-8(17(19)20)9(13)14-7-15-10/h7H,4-6H2,1-3H3,(H3,13,14,15,16). The SMILES string of the molecule is CC(C)(C)C(=O)OCCCONc1ncnc(N)c1[N+](=O)[O-]. The van der Waals surface area contributed by atoms with Gasteiger partial charge in [0.05, 0.1) is 23.6 Å².